The highest BCUT2D eigenvalue weighted by Crippen LogP contribution is 2.32. The summed E-state index contributed by atoms with van der Waals surface area (Å²) in [7, 11) is 0. The number of H-pyrrole nitrogens is 1. The molecule has 1 aliphatic rings. The summed E-state index contributed by atoms with van der Waals surface area (Å²) in [5.74, 6) is -0.884. The molecule has 1 aliphatic heterocycles. The average molecular weight is 516 g/mol. The van der Waals surface area contributed by atoms with Crippen LogP contribution in [0.5, 0.6) is 0 Å². The predicted octanol–water partition coefficient (Wildman–Crippen LogP) is 4.72. The molecule has 1 amide bonds. The van der Waals surface area contributed by atoms with E-state index in [4.69, 9.17) is 5.11 Å². The summed E-state index contributed by atoms with van der Waals surface area (Å²) < 4.78 is 0. The number of likely N-dealkylation sites (tertiary alicyclic amines) is 1. The molecule has 2 aromatic carbocycles. The predicted molar refractivity (Wildman–Crippen MR) is 145 cm³/mol. The van der Waals surface area contributed by atoms with Gasteiger partial charge in [0.2, 0.25) is 0 Å². The molecular formula is C30H33N3O5. The lowest BCUT2D eigenvalue weighted by Crippen LogP contribution is -2.38. The number of carbonyl (C=O) groups excluding carboxylic acids is 1. The second-order valence-corrected chi connectivity index (χ2v) is 10.0. The number of aliphatic carboxylic acids is 1. The highest BCUT2D eigenvalue weighted by Gasteiger charge is 2.26. The summed E-state index contributed by atoms with van der Waals surface area (Å²) in [4.78, 5) is 40.4. The molecule has 8 heteroatoms. The van der Waals surface area contributed by atoms with Crippen molar-refractivity contribution in [3.63, 3.8) is 0 Å². The maximum Gasteiger partial charge on any atom is 0.303 e. The Balaban J connectivity index is 1.57. The van der Waals surface area contributed by atoms with Crippen LogP contribution in [0.3, 0.4) is 0 Å². The number of aromatic amines is 1. The minimum absolute atomic E-state index is 0.0564. The first-order chi connectivity index (χ1) is 18.3. The molecular weight excluding hydrogens is 482 g/mol. The van der Waals surface area contributed by atoms with Crippen molar-refractivity contribution in [1.29, 1.82) is 0 Å². The van der Waals surface area contributed by atoms with Gasteiger partial charge in [-0.15, -0.1) is 0 Å². The van der Waals surface area contributed by atoms with Crippen molar-refractivity contribution in [1.82, 2.24) is 9.88 Å². The van der Waals surface area contributed by atoms with E-state index in [0.717, 1.165) is 16.7 Å². The number of aryl methyl sites for hydroxylation is 2. The zero-order valence-corrected chi connectivity index (χ0v) is 21.7. The van der Waals surface area contributed by atoms with E-state index in [2.05, 4.69) is 10.1 Å². The fourth-order valence-electron chi connectivity index (χ4n) is 5.19. The van der Waals surface area contributed by atoms with Crippen LogP contribution in [0.1, 0.15) is 69.8 Å². The van der Waals surface area contributed by atoms with Crippen LogP contribution in [0.15, 0.2) is 70.7 Å². The number of aromatic nitrogens is 1. The van der Waals surface area contributed by atoms with Gasteiger partial charge in [0.05, 0.1) is 5.71 Å². The number of nitrogens with one attached hydrogen (secondary N) is 1. The normalized spacial score (nSPS) is 15.3. The Morgan fingerprint density at radius 1 is 1.03 bits per heavy atom. The largest absolute Gasteiger partial charge is 0.481 e. The molecule has 0 saturated carbocycles. The number of hydrogen-bond acceptors (Lipinski definition) is 5. The smallest absolute Gasteiger partial charge is 0.303 e. The van der Waals surface area contributed by atoms with Crippen LogP contribution in [0.4, 0.5) is 0 Å². The van der Waals surface area contributed by atoms with Gasteiger partial charge in [-0.1, -0.05) is 41.6 Å². The summed E-state index contributed by atoms with van der Waals surface area (Å²) >= 11 is 0. The third kappa shape index (κ3) is 6.19. The van der Waals surface area contributed by atoms with Crippen LogP contribution in [-0.4, -0.2) is 50.9 Å². The van der Waals surface area contributed by atoms with Gasteiger partial charge in [-0.05, 0) is 67.5 Å². The second-order valence-electron chi connectivity index (χ2n) is 10.0. The van der Waals surface area contributed by atoms with E-state index in [1.807, 2.05) is 55.5 Å². The Morgan fingerprint density at radius 3 is 2.32 bits per heavy atom. The van der Waals surface area contributed by atoms with Gasteiger partial charge >= 0.3 is 5.97 Å². The Kier molecular flexibility index (Phi) is 8.41. The van der Waals surface area contributed by atoms with Crippen LogP contribution in [-0.2, 0) is 4.79 Å². The molecule has 1 aromatic heterocycles. The molecule has 1 atom stereocenters. The van der Waals surface area contributed by atoms with Crippen LogP contribution in [0, 0.1) is 19.8 Å². The molecule has 3 aromatic rings. The van der Waals surface area contributed by atoms with E-state index in [9.17, 15) is 19.6 Å². The Hall–Kier alpha value is -4.20. The SMILES string of the molecule is Cc1ccccc1C(C/C(=N\O)c1c[nH]c(=O)c(C)c1)c1ccc(C(=O)N2CCC(CC(=O)O)CC2)cc1. The molecule has 1 fully saturated rings. The van der Waals surface area contributed by atoms with Crippen LogP contribution < -0.4 is 5.56 Å². The van der Waals surface area contributed by atoms with Gasteiger partial charge in [0.25, 0.3) is 11.5 Å². The first-order valence-electron chi connectivity index (χ1n) is 12.8. The molecule has 3 N–H and O–H groups in total. The summed E-state index contributed by atoms with van der Waals surface area (Å²) in [6.07, 6.45) is 3.48. The standard InChI is InChI=1S/C30H33N3O5/c1-19-5-3-4-6-25(19)26(17-27(32-38)24-15-20(2)29(36)31-18-24)22-7-9-23(10-8-22)30(37)33-13-11-21(12-14-33)16-28(34)35/h3-10,15,18,21,26,38H,11-14,16-17H2,1-2H3,(H,31,36)(H,34,35)/b32-27+. The maximum atomic E-state index is 13.1. The number of hydrogen-bond donors (Lipinski definition) is 3. The summed E-state index contributed by atoms with van der Waals surface area (Å²) in [5, 5.41) is 22.5. The van der Waals surface area contributed by atoms with Crippen molar-refractivity contribution in [2.75, 3.05) is 13.1 Å². The van der Waals surface area contributed by atoms with Crippen molar-refractivity contribution in [3.8, 4) is 0 Å². The lowest BCUT2D eigenvalue weighted by Gasteiger charge is -2.31. The Morgan fingerprint density at radius 2 is 1.71 bits per heavy atom. The van der Waals surface area contributed by atoms with Crippen molar-refractivity contribution in [2.45, 2.75) is 45.4 Å². The number of oxime groups is 1. The molecule has 4 rings (SSSR count). The number of rotatable bonds is 8. The van der Waals surface area contributed by atoms with Gasteiger partial charge in [-0.3, -0.25) is 14.4 Å². The molecule has 1 saturated heterocycles. The van der Waals surface area contributed by atoms with Crippen LogP contribution in [0.2, 0.25) is 0 Å². The van der Waals surface area contributed by atoms with Gasteiger partial charge in [0.15, 0.2) is 0 Å². The van der Waals surface area contributed by atoms with Crippen molar-refractivity contribution in [3.05, 3.63) is 105 Å². The van der Waals surface area contributed by atoms with E-state index in [-0.39, 0.29) is 29.7 Å². The van der Waals surface area contributed by atoms with Crippen LogP contribution >= 0.6 is 0 Å². The minimum Gasteiger partial charge on any atom is -0.481 e. The zero-order chi connectivity index (χ0) is 27.2. The monoisotopic (exact) mass is 515 g/mol. The first kappa shape index (κ1) is 26.9. The van der Waals surface area contributed by atoms with Gasteiger partial charge in [-0.2, -0.15) is 0 Å². The summed E-state index contributed by atoms with van der Waals surface area (Å²) in [5.41, 5.74) is 5.16. The fourth-order valence-corrected chi connectivity index (χ4v) is 5.19. The number of carbonyl (C=O) groups is 2. The molecule has 0 spiro atoms. The molecule has 198 valence electrons. The lowest BCUT2D eigenvalue weighted by atomic mass is 9.83. The fraction of sp³-hybridized carbons (Fsp3) is 0.333. The number of nitrogens with zero attached hydrogens (tertiary/aromatic N) is 2. The number of carboxylic acid groups (broad SMARTS) is 1. The minimum atomic E-state index is -0.793. The maximum absolute atomic E-state index is 13.1. The number of pyridine rings is 1. The number of piperidine rings is 1. The van der Waals surface area contributed by atoms with Crippen molar-refractivity contribution >= 4 is 17.6 Å². The van der Waals surface area contributed by atoms with Gasteiger partial charge < -0.3 is 20.2 Å². The molecule has 8 nitrogen and oxygen atoms in total. The lowest BCUT2D eigenvalue weighted by molar-refractivity contribution is -0.138. The quantitative estimate of drug-likeness (QED) is 0.228. The first-order valence-corrected chi connectivity index (χ1v) is 12.8. The summed E-state index contributed by atoms with van der Waals surface area (Å²) in [6.45, 7) is 4.85. The Labute approximate surface area is 221 Å². The van der Waals surface area contributed by atoms with E-state index in [1.54, 1.807) is 24.1 Å². The highest BCUT2D eigenvalue weighted by atomic mass is 16.4. The number of benzene rings is 2. The second kappa shape index (κ2) is 11.9. The molecule has 0 radical (unpaired) electrons. The van der Waals surface area contributed by atoms with Gasteiger partial charge in [-0.25, -0.2) is 0 Å². The average Bonchev–Trinajstić information content (AvgIpc) is 2.91. The third-order valence-corrected chi connectivity index (χ3v) is 7.43. The van der Waals surface area contributed by atoms with E-state index in [1.165, 1.54) is 0 Å². The van der Waals surface area contributed by atoms with Gasteiger partial charge in [0.1, 0.15) is 0 Å². The molecule has 38 heavy (non-hydrogen) atoms. The molecule has 1 unspecified atom stereocenters. The topological polar surface area (TPSA) is 123 Å². The number of amides is 1. The molecule has 2 heterocycles. The third-order valence-electron chi connectivity index (χ3n) is 7.43. The summed E-state index contributed by atoms with van der Waals surface area (Å²) in [6, 6.07) is 17.3. The molecule has 0 aliphatic carbocycles. The van der Waals surface area contributed by atoms with E-state index < -0.39 is 5.97 Å². The number of carboxylic acids is 1. The van der Waals surface area contributed by atoms with Crippen LogP contribution in [0.25, 0.3) is 0 Å². The zero-order valence-electron chi connectivity index (χ0n) is 21.7. The van der Waals surface area contributed by atoms with E-state index >= 15 is 0 Å². The van der Waals surface area contributed by atoms with Crippen molar-refractivity contribution < 1.29 is 19.9 Å². The van der Waals surface area contributed by atoms with Gasteiger partial charge in [0, 0.05) is 54.7 Å². The van der Waals surface area contributed by atoms with E-state index in [0.29, 0.717) is 54.8 Å². The molecule has 0 bridgehead atoms. The Bertz CT molecular complexity index is 1390. The van der Waals surface area contributed by atoms with Crippen molar-refractivity contribution in [2.24, 2.45) is 11.1 Å². The highest BCUT2D eigenvalue weighted by molar-refractivity contribution is 6.01.